The van der Waals surface area contributed by atoms with Gasteiger partial charge in [0, 0.05) is 11.3 Å². The average Bonchev–Trinajstić information content (AvgIpc) is 2.90. The summed E-state index contributed by atoms with van der Waals surface area (Å²) in [4.78, 5) is 39.7. The van der Waals surface area contributed by atoms with Gasteiger partial charge in [-0.15, -0.1) is 0 Å². The number of para-hydroxylation sites is 1. The Bertz CT molecular complexity index is 1020. The van der Waals surface area contributed by atoms with Gasteiger partial charge in [0.1, 0.15) is 23.9 Å². The molecule has 2 aliphatic rings. The van der Waals surface area contributed by atoms with Gasteiger partial charge in [0.15, 0.2) is 5.41 Å². The molecule has 1 aromatic rings. The van der Waals surface area contributed by atoms with Crippen LogP contribution in [-0.2, 0) is 29.3 Å². The van der Waals surface area contributed by atoms with Gasteiger partial charge in [-0.05, 0) is 19.9 Å². The highest BCUT2D eigenvalue weighted by Crippen LogP contribution is 2.53. The van der Waals surface area contributed by atoms with Gasteiger partial charge in [0.25, 0.3) is 0 Å². The van der Waals surface area contributed by atoms with Crippen molar-refractivity contribution in [1.29, 1.82) is 5.26 Å². The number of esters is 2. The van der Waals surface area contributed by atoms with Crippen molar-refractivity contribution < 1.29 is 28.6 Å². The molecule has 1 amide bonds. The first-order valence-corrected chi connectivity index (χ1v) is 8.79. The molecule has 2 heterocycles. The fraction of sp³-hybridized carbons (Fsp3) is 0.300. The Morgan fingerprint density at radius 3 is 2.66 bits per heavy atom. The lowest BCUT2D eigenvalue weighted by Gasteiger charge is -2.35. The molecule has 0 aromatic heterocycles. The van der Waals surface area contributed by atoms with Crippen molar-refractivity contribution >= 4 is 17.8 Å². The lowest BCUT2D eigenvalue weighted by molar-refractivity contribution is -0.146. The predicted octanol–water partition coefficient (Wildman–Crippen LogP) is 0.863. The van der Waals surface area contributed by atoms with E-state index >= 15 is 0 Å². The third-order valence-corrected chi connectivity index (χ3v) is 4.95. The quantitative estimate of drug-likeness (QED) is 0.740. The number of amides is 1. The summed E-state index contributed by atoms with van der Waals surface area (Å²) < 4.78 is 15.4. The zero-order valence-electron chi connectivity index (χ0n) is 16.1. The summed E-state index contributed by atoms with van der Waals surface area (Å²) >= 11 is 0. The van der Waals surface area contributed by atoms with Gasteiger partial charge in [0.2, 0.25) is 11.8 Å². The van der Waals surface area contributed by atoms with Crippen LogP contribution in [0.1, 0.15) is 19.4 Å². The van der Waals surface area contributed by atoms with Crippen LogP contribution in [0.25, 0.3) is 0 Å². The summed E-state index contributed by atoms with van der Waals surface area (Å²) in [6.07, 6.45) is 0. The number of benzene rings is 1. The summed E-state index contributed by atoms with van der Waals surface area (Å²) in [6, 6.07) is 8.39. The van der Waals surface area contributed by atoms with Crippen LogP contribution in [0.4, 0.5) is 0 Å². The number of allylic oxidation sites excluding steroid dienone is 1. The molecule has 29 heavy (non-hydrogen) atoms. The molecule has 9 heteroatoms. The van der Waals surface area contributed by atoms with E-state index in [1.807, 2.05) is 6.07 Å². The largest absolute Gasteiger partial charge is 0.468 e. The molecule has 0 radical (unpaired) electrons. The normalized spacial score (nSPS) is 20.3. The number of nitrogens with two attached hydrogens (primary N) is 1. The Morgan fingerprint density at radius 2 is 2.03 bits per heavy atom. The van der Waals surface area contributed by atoms with Crippen molar-refractivity contribution in [3.8, 4) is 11.8 Å². The van der Waals surface area contributed by atoms with E-state index in [0.29, 0.717) is 0 Å². The number of nitrogens with zero attached hydrogens (tertiary/aromatic N) is 2. The number of rotatable bonds is 4. The maximum Gasteiger partial charge on any atom is 0.337 e. The molecular weight excluding hydrogens is 378 g/mol. The summed E-state index contributed by atoms with van der Waals surface area (Å²) in [5, 5.41) is 9.86. The van der Waals surface area contributed by atoms with Crippen molar-refractivity contribution in [1.82, 2.24) is 4.90 Å². The van der Waals surface area contributed by atoms with Crippen LogP contribution in [0.2, 0.25) is 0 Å². The first-order valence-electron chi connectivity index (χ1n) is 8.79. The standard InChI is InChI=1S/C20H19N3O6/c1-4-28-18(25)16-11(2)23(10-15(24)27-3)19(26)20(16)12-7-5-6-8-14(12)29-17(22)13(20)9-21/h5-8H,4,10,22H2,1-3H3. The van der Waals surface area contributed by atoms with E-state index in [0.717, 1.165) is 4.90 Å². The lowest BCUT2D eigenvalue weighted by atomic mass is 9.68. The van der Waals surface area contributed by atoms with Gasteiger partial charge in [0.05, 0.1) is 19.3 Å². The second-order valence-electron chi connectivity index (χ2n) is 6.35. The van der Waals surface area contributed by atoms with E-state index in [4.69, 9.17) is 15.2 Å². The van der Waals surface area contributed by atoms with Crippen molar-refractivity contribution in [2.75, 3.05) is 20.3 Å². The second kappa shape index (κ2) is 7.31. The molecule has 1 atom stereocenters. The van der Waals surface area contributed by atoms with E-state index in [1.165, 1.54) is 14.0 Å². The van der Waals surface area contributed by atoms with Crippen LogP contribution in [0.3, 0.4) is 0 Å². The Kier molecular flexibility index (Phi) is 5.03. The summed E-state index contributed by atoms with van der Waals surface area (Å²) in [7, 11) is 1.19. The number of hydrogen-bond donors (Lipinski definition) is 1. The van der Waals surface area contributed by atoms with Gasteiger partial charge in [-0.3, -0.25) is 9.59 Å². The topological polar surface area (TPSA) is 132 Å². The number of nitriles is 1. The van der Waals surface area contributed by atoms with Crippen molar-refractivity contribution in [2.24, 2.45) is 5.73 Å². The summed E-state index contributed by atoms with van der Waals surface area (Å²) in [5.74, 6) is -2.23. The number of fused-ring (bicyclic) bond motifs is 2. The first-order chi connectivity index (χ1) is 13.8. The molecule has 150 valence electrons. The van der Waals surface area contributed by atoms with Crippen LogP contribution in [0, 0.1) is 11.3 Å². The zero-order chi connectivity index (χ0) is 21.3. The molecule has 0 saturated carbocycles. The number of hydrogen-bond acceptors (Lipinski definition) is 8. The predicted molar refractivity (Wildman–Crippen MR) is 98.6 cm³/mol. The Labute approximate surface area is 166 Å². The molecule has 2 N–H and O–H groups in total. The monoisotopic (exact) mass is 397 g/mol. The van der Waals surface area contributed by atoms with Crippen molar-refractivity contribution in [3.05, 3.63) is 52.6 Å². The maximum atomic E-state index is 13.7. The molecule has 9 nitrogen and oxygen atoms in total. The number of ether oxygens (including phenoxy) is 3. The first kappa shape index (κ1) is 19.9. The molecule has 0 saturated heterocycles. The van der Waals surface area contributed by atoms with E-state index < -0.39 is 29.8 Å². The SMILES string of the molecule is CCOC(=O)C1=C(C)N(CC(=O)OC)C(=O)C12C(C#N)=C(N)Oc1ccccc12. The van der Waals surface area contributed by atoms with E-state index in [-0.39, 0.29) is 40.6 Å². The molecular formula is C20H19N3O6. The van der Waals surface area contributed by atoms with Crippen LogP contribution in [-0.4, -0.2) is 43.0 Å². The van der Waals surface area contributed by atoms with Crippen LogP contribution in [0.15, 0.2) is 47.0 Å². The number of carbonyl (C=O) groups excluding carboxylic acids is 3. The van der Waals surface area contributed by atoms with Crippen LogP contribution >= 0.6 is 0 Å². The molecule has 2 aliphatic heterocycles. The highest BCUT2D eigenvalue weighted by atomic mass is 16.5. The highest BCUT2D eigenvalue weighted by molar-refractivity contribution is 6.13. The molecule has 1 unspecified atom stereocenters. The van der Waals surface area contributed by atoms with Gasteiger partial charge < -0.3 is 24.8 Å². The minimum atomic E-state index is -1.88. The average molecular weight is 397 g/mol. The van der Waals surface area contributed by atoms with Gasteiger partial charge in [-0.2, -0.15) is 5.26 Å². The Hall–Kier alpha value is -3.80. The molecule has 1 aromatic carbocycles. The van der Waals surface area contributed by atoms with Crippen LogP contribution < -0.4 is 10.5 Å². The second-order valence-corrected chi connectivity index (χ2v) is 6.35. The number of carbonyl (C=O) groups is 3. The summed E-state index contributed by atoms with van der Waals surface area (Å²) in [5.41, 5.74) is 4.22. The third kappa shape index (κ3) is 2.72. The zero-order valence-corrected chi connectivity index (χ0v) is 16.1. The van der Waals surface area contributed by atoms with Gasteiger partial charge in [-0.25, -0.2) is 4.79 Å². The lowest BCUT2D eigenvalue weighted by Crippen LogP contribution is -2.48. The number of methoxy groups -OCH3 is 1. The molecule has 0 bridgehead atoms. The van der Waals surface area contributed by atoms with E-state index in [2.05, 4.69) is 4.74 Å². The Morgan fingerprint density at radius 1 is 1.34 bits per heavy atom. The molecule has 0 aliphatic carbocycles. The van der Waals surface area contributed by atoms with E-state index in [9.17, 15) is 19.6 Å². The summed E-state index contributed by atoms with van der Waals surface area (Å²) in [6.45, 7) is 2.74. The maximum absolute atomic E-state index is 13.7. The van der Waals surface area contributed by atoms with Gasteiger partial charge in [-0.1, -0.05) is 18.2 Å². The van der Waals surface area contributed by atoms with E-state index in [1.54, 1.807) is 31.2 Å². The molecule has 3 rings (SSSR count). The minimum absolute atomic E-state index is 0.0517. The minimum Gasteiger partial charge on any atom is -0.468 e. The van der Waals surface area contributed by atoms with Crippen molar-refractivity contribution in [2.45, 2.75) is 19.3 Å². The van der Waals surface area contributed by atoms with Gasteiger partial charge >= 0.3 is 11.9 Å². The Balaban J connectivity index is 2.38. The van der Waals surface area contributed by atoms with Crippen LogP contribution in [0.5, 0.6) is 5.75 Å². The third-order valence-electron chi connectivity index (χ3n) is 4.95. The fourth-order valence-electron chi connectivity index (χ4n) is 3.73. The molecule has 1 spiro atoms. The smallest absolute Gasteiger partial charge is 0.337 e. The highest BCUT2D eigenvalue weighted by Gasteiger charge is 2.62. The fourth-order valence-corrected chi connectivity index (χ4v) is 3.73. The molecule has 0 fully saturated rings. The van der Waals surface area contributed by atoms with Crippen molar-refractivity contribution in [3.63, 3.8) is 0 Å².